The average molecular weight is 267 g/mol. The zero-order valence-corrected chi connectivity index (χ0v) is 10.5. The molecule has 0 saturated heterocycles. The van der Waals surface area contributed by atoms with E-state index in [9.17, 15) is 4.79 Å². The Balaban J connectivity index is 2.39. The lowest BCUT2D eigenvalue weighted by Gasteiger charge is -2.03. The van der Waals surface area contributed by atoms with Crippen LogP contribution >= 0.6 is 23.2 Å². The van der Waals surface area contributed by atoms with Crippen molar-refractivity contribution in [2.75, 3.05) is 0 Å². The summed E-state index contributed by atoms with van der Waals surface area (Å²) in [5.74, 6) is 0.0412. The van der Waals surface area contributed by atoms with Crippen molar-refractivity contribution < 1.29 is 4.79 Å². The van der Waals surface area contributed by atoms with Crippen molar-refractivity contribution in [2.24, 2.45) is 0 Å². The fourth-order valence-corrected chi connectivity index (χ4v) is 1.63. The van der Waals surface area contributed by atoms with Crippen LogP contribution < -0.4 is 0 Å². The molecular formula is C12H8Cl2N2O. The van der Waals surface area contributed by atoms with Crippen molar-refractivity contribution >= 4 is 29.0 Å². The number of hydrogen-bond acceptors (Lipinski definition) is 3. The molecule has 0 saturated carbocycles. The van der Waals surface area contributed by atoms with E-state index < -0.39 is 0 Å². The molecule has 0 unspecified atom stereocenters. The number of aromatic nitrogens is 2. The molecule has 1 aromatic heterocycles. The Bertz CT molecular complexity index is 567. The monoisotopic (exact) mass is 266 g/mol. The highest BCUT2D eigenvalue weighted by Gasteiger charge is 2.05. The van der Waals surface area contributed by atoms with Gasteiger partial charge in [0.05, 0.1) is 10.0 Å². The van der Waals surface area contributed by atoms with Gasteiger partial charge in [0.1, 0.15) is 0 Å². The molecule has 0 aliphatic carbocycles. The molecule has 0 N–H and O–H groups in total. The number of rotatable bonds is 2. The van der Waals surface area contributed by atoms with Crippen molar-refractivity contribution in [2.45, 2.75) is 6.92 Å². The Kier molecular flexibility index (Phi) is 3.41. The molecule has 0 radical (unpaired) electrons. The van der Waals surface area contributed by atoms with Crippen LogP contribution in [0.2, 0.25) is 10.0 Å². The molecule has 0 spiro atoms. The van der Waals surface area contributed by atoms with E-state index >= 15 is 0 Å². The second-order valence-corrected chi connectivity index (χ2v) is 4.29. The number of carbonyl (C=O) groups excluding carboxylic acids is 1. The minimum absolute atomic E-state index is 0.161. The fourth-order valence-electron chi connectivity index (χ4n) is 1.33. The Morgan fingerprint density at radius 3 is 2.24 bits per heavy atom. The number of benzene rings is 1. The predicted molar refractivity (Wildman–Crippen MR) is 67.5 cm³/mol. The molecule has 1 heterocycles. The van der Waals surface area contributed by atoms with Crippen molar-refractivity contribution in [1.29, 1.82) is 0 Å². The van der Waals surface area contributed by atoms with Crippen molar-refractivity contribution in [3.8, 4) is 11.1 Å². The molecule has 2 rings (SSSR count). The Morgan fingerprint density at radius 2 is 1.71 bits per heavy atom. The quantitative estimate of drug-likeness (QED) is 0.780. The van der Waals surface area contributed by atoms with Gasteiger partial charge in [0.25, 0.3) is 0 Å². The van der Waals surface area contributed by atoms with Crippen molar-refractivity contribution in [3.63, 3.8) is 0 Å². The van der Waals surface area contributed by atoms with E-state index in [1.807, 2.05) is 6.07 Å². The second-order valence-electron chi connectivity index (χ2n) is 3.48. The summed E-state index contributed by atoms with van der Waals surface area (Å²) in [7, 11) is 0. The number of carbonyl (C=O) groups is 1. The molecule has 2 aromatic rings. The third-order valence-electron chi connectivity index (χ3n) is 2.22. The predicted octanol–water partition coefficient (Wildman–Crippen LogP) is 3.65. The lowest BCUT2D eigenvalue weighted by Crippen LogP contribution is -2.00. The molecule has 0 fully saturated rings. The summed E-state index contributed by atoms with van der Waals surface area (Å²) >= 11 is 11.7. The van der Waals surface area contributed by atoms with Gasteiger partial charge in [0.15, 0.2) is 11.6 Å². The van der Waals surface area contributed by atoms with Gasteiger partial charge in [-0.25, -0.2) is 9.97 Å². The van der Waals surface area contributed by atoms with Crippen molar-refractivity contribution in [1.82, 2.24) is 9.97 Å². The number of nitrogens with zero attached hydrogens (tertiary/aromatic N) is 2. The molecule has 5 heteroatoms. The van der Waals surface area contributed by atoms with E-state index in [1.54, 1.807) is 24.5 Å². The topological polar surface area (TPSA) is 42.9 Å². The minimum Gasteiger partial charge on any atom is -0.291 e. The highest BCUT2D eigenvalue weighted by molar-refractivity contribution is 6.42. The fraction of sp³-hybridized carbons (Fsp3) is 0.0833. The summed E-state index contributed by atoms with van der Waals surface area (Å²) in [6.45, 7) is 1.42. The normalized spacial score (nSPS) is 10.3. The van der Waals surface area contributed by atoms with Crippen molar-refractivity contribution in [3.05, 3.63) is 46.5 Å². The maximum Gasteiger partial charge on any atom is 0.196 e. The van der Waals surface area contributed by atoms with E-state index in [4.69, 9.17) is 23.2 Å². The van der Waals surface area contributed by atoms with Gasteiger partial charge < -0.3 is 0 Å². The molecule has 17 heavy (non-hydrogen) atoms. The van der Waals surface area contributed by atoms with Crippen LogP contribution in [0.4, 0.5) is 0 Å². The zero-order valence-electron chi connectivity index (χ0n) is 8.95. The SMILES string of the molecule is CC(=O)c1ncc(-c2ccc(Cl)c(Cl)c2)cn1. The molecule has 0 aliphatic rings. The summed E-state index contributed by atoms with van der Waals surface area (Å²) < 4.78 is 0. The Morgan fingerprint density at radius 1 is 1.06 bits per heavy atom. The molecule has 0 aliphatic heterocycles. The van der Waals surface area contributed by atoms with Gasteiger partial charge >= 0.3 is 0 Å². The van der Waals surface area contributed by atoms with Gasteiger partial charge in [-0.1, -0.05) is 29.3 Å². The first-order valence-corrected chi connectivity index (χ1v) is 5.62. The van der Waals surface area contributed by atoms with E-state index in [1.165, 1.54) is 6.92 Å². The summed E-state index contributed by atoms with van der Waals surface area (Å²) in [4.78, 5) is 19.0. The lowest BCUT2D eigenvalue weighted by atomic mass is 10.1. The highest BCUT2D eigenvalue weighted by Crippen LogP contribution is 2.27. The smallest absolute Gasteiger partial charge is 0.196 e. The Hall–Kier alpha value is -1.45. The van der Waals surface area contributed by atoms with E-state index in [0.29, 0.717) is 10.0 Å². The van der Waals surface area contributed by atoms with Crippen LogP contribution in [0.1, 0.15) is 17.5 Å². The third-order valence-corrected chi connectivity index (χ3v) is 2.96. The molecular weight excluding hydrogens is 259 g/mol. The largest absolute Gasteiger partial charge is 0.291 e. The molecule has 0 amide bonds. The van der Waals surface area contributed by atoms with Crippen LogP contribution in [0, 0.1) is 0 Å². The maximum atomic E-state index is 11.0. The molecule has 3 nitrogen and oxygen atoms in total. The first kappa shape index (κ1) is 12.0. The van der Waals surface area contributed by atoms with E-state index in [-0.39, 0.29) is 11.6 Å². The first-order chi connectivity index (χ1) is 8.08. The summed E-state index contributed by atoms with van der Waals surface area (Å²) in [6.07, 6.45) is 3.17. The van der Waals surface area contributed by atoms with Crippen LogP contribution in [0.5, 0.6) is 0 Å². The number of Topliss-reactive ketones (excluding diaryl/α,β-unsaturated/α-hetero) is 1. The van der Waals surface area contributed by atoms with Gasteiger partial charge in [-0.3, -0.25) is 4.79 Å². The van der Waals surface area contributed by atoms with E-state index in [0.717, 1.165) is 11.1 Å². The average Bonchev–Trinajstić information content (AvgIpc) is 2.33. The summed E-state index contributed by atoms with van der Waals surface area (Å²) in [5.41, 5.74) is 1.64. The molecule has 0 atom stereocenters. The standard InChI is InChI=1S/C12H8Cl2N2O/c1-7(17)12-15-5-9(6-16-12)8-2-3-10(13)11(14)4-8/h2-6H,1H3. The van der Waals surface area contributed by atoms with Gasteiger partial charge in [0, 0.05) is 24.9 Å². The minimum atomic E-state index is -0.161. The summed E-state index contributed by atoms with van der Waals surface area (Å²) in [5, 5.41) is 0.969. The van der Waals surface area contributed by atoms with Gasteiger partial charge in [-0.15, -0.1) is 0 Å². The molecule has 0 bridgehead atoms. The van der Waals surface area contributed by atoms with Gasteiger partial charge in [-0.05, 0) is 17.7 Å². The van der Waals surface area contributed by atoms with Crippen LogP contribution in [-0.4, -0.2) is 15.8 Å². The van der Waals surface area contributed by atoms with Crippen LogP contribution in [-0.2, 0) is 0 Å². The summed E-state index contributed by atoms with van der Waals surface area (Å²) in [6, 6.07) is 5.26. The highest BCUT2D eigenvalue weighted by atomic mass is 35.5. The third kappa shape index (κ3) is 2.62. The lowest BCUT2D eigenvalue weighted by molar-refractivity contribution is 0.100. The Labute approximate surface area is 108 Å². The molecule has 86 valence electrons. The molecule has 1 aromatic carbocycles. The number of halogens is 2. The van der Waals surface area contributed by atoms with Crippen LogP contribution in [0.25, 0.3) is 11.1 Å². The first-order valence-electron chi connectivity index (χ1n) is 4.86. The van der Waals surface area contributed by atoms with Gasteiger partial charge in [-0.2, -0.15) is 0 Å². The van der Waals surface area contributed by atoms with Crippen LogP contribution in [0.3, 0.4) is 0 Å². The van der Waals surface area contributed by atoms with Crippen LogP contribution in [0.15, 0.2) is 30.6 Å². The number of hydrogen-bond donors (Lipinski definition) is 0. The maximum absolute atomic E-state index is 11.0. The number of ketones is 1. The van der Waals surface area contributed by atoms with Gasteiger partial charge in [0.2, 0.25) is 0 Å². The zero-order chi connectivity index (χ0) is 12.4. The van der Waals surface area contributed by atoms with E-state index in [2.05, 4.69) is 9.97 Å². The second kappa shape index (κ2) is 4.82.